The zero-order valence-corrected chi connectivity index (χ0v) is 10.5. The SMILES string of the molecule is Nc1ccc(SC2CCOCC2)c(C(F)(F)F)c1. The predicted molar refractivity (Wildman–Crippen MR) is 65.6 cm³/mol. The molecular formula is C12H14F3NOS. The maximum atomic E-state index is 12.9. The third-order valence-electron chi connectivity index (χ3n) is 2.77. The van der Waals surface area contributed by atoms with Crippen LogP contribution in [0, 0.1) is 0 Å². The number of anilines is 1. The Morgan fingerprint density at radius 3 is 2.50 bits per heavy atom. The molecule has 0 amide bonds. The van der Waals surface area contributed by atoms with Gasteiger partial charge < -0.3 is 10.5 Å². The van der Waals surface area contributed by atoms with Crippen LogP contribution in [0.25, 0.3) is 0 Å². The number of halogens is 3. The number of nitrogen functional groups attached to an aromatic ring is 1. The summed E-state index contributed by atoms with van der Waals surface area (Å²) in [5, 5.41) is 0.184. The standard InChI is InChI=1S/C12H14F3NOS/c13-12(14,15)10-7-8(16)1-2-11(10)18-9-3-5-17-6-4-9/h1-2,7,9H,3-6,16H2. The molecule has 0 bridgehead atoms. The van der Waals surface area contributed by atoms with E-state index in [0.717, 1.165) is 18.9 Å². The Hall–Kier alpha value is -0.880. The zero-order chi connectivity index (χ0) is 13.2. The minimum Gasteiger partial charge on any atom is -0.399 e. The summed E-state index contributed by atoms with van der Waals surface area (Å²) in [6.07, 6.45) is -2.79. The fraction of sp³-hybridized carbons (Fsp3) is 0.500. The molecule has 2 nitrogen and oxygen atoms in total. The lowest BCUT2D eigenvalue weighted by Crippen LogP contribution is -2.18. The van der Waals surface area contributed by atoms with Crippen molar-refractivity contribution in [2.45, 2.75) is 29.2 Å². The number of hydrogen-bond donors (Lipinski definition) is 1. The van der Waals surface area contributed by atoms with Gasteiger partial charge in [0.15, 0.2) is 0 Å². The quantitative estimate of drug-likeness (QED) is 0.839. The van der Waals surface area contributed by atoms with Gasteiger partial charge in [0.25, 0.3) is 0 Å². The van der Waals surface area contributed by atoms with Crippen LogP contribution in [-0.4, -0.2) is 18.5 Å². The van der Waals surface area contributed by atoms with Crippen LogP contribution in [0.3, 0.4) is 0 Å². The minimum atomic E-state index is -4.36. The second-order valence-corrected chi connectivity index (χ2v) is 5.53. The highest BCUT2D eigenvalue weighted by molar-refractivity contribution is 8.00. The first-order valence-electron chi connectivity index (χ1n) is 5.68. The molecule has 1 aromatic carbocycles. The fourth-order valence-electron chi connectivity index (χ4n) is 1.85. The van der Waals surface area contributed by atoms with Crippen molar-refractivity contribution in [1.29, 1.82) is 0 Å². The monoisotopic (exact) mass is 277 g/mol. The summed E-state index contributed by atoms with van der Waals surface area (Å²) in [6, 6.07) is 3.97. The van der Waals surface area contributed by atoms with E-state index in [9.17, 15) is 13.2 Å². The normalized spacial score (nSPS) is 17.9. The highest BCUT2D eigenvalue weighted by Gasteiger charge is 2.34. The van der Waals surface area contributed by atoms with Gasteiger partial charge in [-0.05, 0) is 31.0 Å². The molecule has 0 unspecified atom stereocenters. The molecule has 1 fully saturated rings. The summed E-state index contributed by atoms with van der Waals surface area (Å²) >= 11 is 1.27. The third-order valence-corrected chi connectivity index (χ3v) is 4.19. The molecule has 2 N–H and O–H groups in total. The van der Waals surface area contributed by atoms with Crippen molar-refractivity contribution >= 4 is 17.4 Å². The van der Waals surface area contributed by atoms with E-state index in [0.29, 0.717) is 13.2 Å². The molecule has 100 valence electrons. The smallest absolute Gasteiger partial charge is 0.399 e. The van der Waals surface area contributed by atoms with Gasteiger partial charge in [0.2, 0.25) is 0 Å². The summed E-state index contributed by atoms with van der Waals surface area (Å²) in [5.74, 6) is 0. The van der Waals surface area contributed by atoms with Gasteiger partial charge in [-0.25, -0.2) is 0 Å². The zero-order valence-electron chi connectivity index (χ0n) is 9.67. The van der Waals surface area contributed by atoms with E-state index in [-0.39, 0.29) is 15.8 Å². The minimum absolute atomic E-state index is 0.138. The maximum Gasteiger partial charge on any atom is 0.417 e. The summed E-state index contributed by atoms with van der Waals surface area (Å²) < 4.78 is 43.9. The Morgan fingerprint density at radius 2 is 1.89 bits per heavy atom. The van der Waals surface area contributed by atoms with Crippen LogP contribution in [0.5, 0.6) is 0 Å². The van der Waals surface area contributed by atoms with E-state index in [1.165, 1.54) is 23.9 Å². The van der Waals surface area contributed by atoms with E-state index < -0.39 is 11.7 Å². The fourth-order valence-corrected chi connectivity index (χ4v) is 3.08. The second-order valence-electron chi connectivity index (χ2n) is 4.18. The molecule has 1 aliphatic rings. The first-order chi connectivity index (χ1) is 8.47. The average Bonchev–Trinajstić information content (AvgIpc) is 2.31. The van der Waals surface area contributed by atoms with Gasteiger partial charge in [0.05, 0.1) is 5.56 Å². The number of nitrogens with two attached hydrogens (primary N) is 1. The Labute approximate surface area is 108 Å². The van der Waals surface area contributed by atoms with Crippen molar-refractivity contribution in [2.24, 2.45) is 0 Å². The van der Waals surface area contributed by atoms with E-state index in [1.54, 1.807) is 0 Å². The van der Waals surface area contributed by atoms with Gasteiger partial charge in [-0.2, -0.15) is 13.2 Å². The van der Waals surface area contributed by atoms with Gasteiger partial charge in [0.1, 0.15) is 0 Å². The molecule has 0 spiro atoms. The molecule has 0 aliphatic carbocycles. The summed E-state index contributed by atoms with van der Waals surface area (Å²) in [7, 11) is 0. The number of hydrogen-bond acceptors (Lipinski definition) is 3. The van der Waals surface area contributed by atoms with Gasteiger partial charge in [-0.1, -0.05) is 0 Å². The highest BCUT2D eigenvalue weighted by Crippen LogP contribution is 2.40. The molecule has 1 saturated heterocycles. The Bertz CT molecular complexity index is 416. The van der Waals surface area contributed by atoms with Crippen molar-refractivity contribution in [2.75, 3.05) is 18.9 Å². The Kier molecular flexibility index (Phi) is 4.07. The van der Waals surface area contributed by atoms with Crippen LogP contribution in [0.1, 0.15) is 18.4 Å². The summed E-state index contributed by atoms with van der Waals surface area (Å²) in [6.45, 7) is 1.24. The maximum absolute atomic E-state index is 12.9. The molecule has 2 rings (SSSR count). The van der Waals surface area contributed by atoms with E-state index >= 15 is 0 Å². The third kappa shape index (κ3) is 3.32. The van der Waals surface area contributed by atoms with Crippen LogP contribution in [0.15, 0.2) is 23.1 Å². The van der Waals surface area contributed by atoms with Crippen LogP contribution in [0.4, 0.5) is 18.9 Å². The van der Waals surface area contributed by atoms with Crippen LogP contribution >= 0.6 is 11.8 Å². The Morgan fingerprint density at radius 1 is 1.22 bits per heavy atom. The Balaban J connectivity index is 2.21. The number of thioether (sulfide) groups is 1. The van der Waals surface area contributed by atoms with Crippen molar-refractivity contribution in [3.05, 3.63) is 23.8 Å². The first kappa shape index (κ1) is 13.5. The average molecular weight is 277 g/mol. The molecule has 1 aromatic rings. The summed E-state index contributed by atoms with van der Waals surface area (Å²) in [4.78, 5) is 0.253. The number of ether oxygens (including phenoxy) is 1. The van der Waals surface area contributed by atoms with E-state index in [4.69, 9.17) is 10.5 Å². The molecule has 1 heterocycles. The van der Waals surface area contributed by atoms with Crippen molar-refractivity contribution in [1.82, 2.24) is 0 Å². The highest BCUT2D eigenvalue weighted by atomic mass is 32.2. The molecule has 0 aromatic heterocycles. The van der Waals surface area contributed by atoms with Gasteiger partial charge in [-0.15, -0.1) is 11.8 Å². The topological polar surface area (TPSA) is 35.2 Å². The lowest BCUT2D eigenvalue weighted by atomic mass is 10.2. The van der Waals surface area contributed by atoms with Crippen molar-refractivity contribution < 1.29 is 17.9 Å². The van der Waals surface area contributed by atoms with Crippen LogP contribution < -0.4 is 5.73 Å². The molecule has 1 aliphatic heterocycles. The van der Waals surface area contributed by atoms with E-state index in [2.05, 4.69) is 0 Å². The lowest BCUT2D eigenvalue weighted by molar-refractivity contribution is -0.139. The molecular weight excluding hydrogens is 263 g/mol. The van der Waals surface area contributed by atoms with Gasteiger partial charge in [0, 0.05) is 29.0 Å². The summed E-state index contributed by atoms with van der Waals surface area (Å²) in [5.41, 5.74) is 4.93. The molecule has 0 atom stereocenters. The number of benzene rings is 1. The number of alkyl halides is 3. The molecule has 6 heteroatoms. The van der Waals surface area contributed by atoms with Crippen molar-refractivity contribution in [3.63, 3.8) is 0 Å². The van der Waals surface area contributed by atoms with Crippen molar-refractivity contribution in [3.8, 4) is 0 Å². The van der Waals surface area contributed by atoms with Gasteiger partial charge >= 0.3 is 6.18 Å². The van der Waals surface area contributed by atoms with Crippen LogP contribution in [0.2, 0.25) is 0 Å². The molecule has 0 radical (unpaired) electrons. The van der Waals surface area contributed by atoms with Gasteiger partial charge in [-0.3, -0.25) is 0 Å². The largest absolute Gasteiger partial charge is 0.417 e. The van der Waals surface area contributed by atoms with Crippen LogP contribution in [-0.2, 0) is 10.9 Å². The second kappa shape index (κ2) is 5.40. The predicted octanol–water partition coefficient (Wildman–Crippen LogP) is 3.56. The first-order valence-corrected chi connectivity index (χ1v) is 6.56. The molecule has 0 saturated carbocycles. The van der Waals surface area contributed by atoms with E-state index in [1.807, 2.05) is 0 Å². The molecule has 18 heavy (non-hydrogen) atoms. The lowest BCUT2D eigenvalue weighted by Gasteiger charge is -2.23. The number of rotatable bonds is 2.